The number of carbonyl (C=O) groups excluding carboxylic acids is 3. The number of ketones is 1. The highest BCUT2D eigenvalue weighted by Gasteiger charge is 2.60. The number of nitrogens with zero attached hydrogens (tertiary/aromatic N) is 2. The molecule has 3 saturated heterocycles. The summed E-state index contributed by atoms with van der Waals surface area (Å²) in [6.07, 6.45) is 11.1. The number of piperidine rings is 1. The summed E-state index contributed by atoms with van der Waals surface area (Å²) < 4.78 is 23.0. The Morgan fingerprint density at radius 1 is 1.05 bits per heavy atom. The van der Waals surface area contributed by atoms with Crippen LogP contribution in [0.15, 0.2) is 11.8 Å². The molecule has 7 rings (SSSR count). The van der Waals surface area contributed by atoms with Gasteiger partial charge in [0, 0.05) is 30.6 Å². The zero-order valence-electron chi connectivity index (χ0n) is 25.6. The summed E-state index contributed by atoms with van der Waals surface area (Å²) in [5.41, 5.74) is 0.163. The molecule has 4 aliphatic heterocycles. The number of amides is 2. The van der Waals surface area contributed by atoms with Gasteiger partial charge >= 0.3 is 0 Å². The number of nitrogens with one attached hydrogen (secondary N) is 3. The zero-order valence-corrected chi connectivity index (χ0v) is 25.6. The minimum atomic E-state index is -1.41. The van der Waals surface area contributed by atoms with Gasteiger partial charge in [0.05, 0.1) is 29.8 Å². The Hall–Kier alpha value is -2.04. The standard InChI is InChI=1S/C33H50FN5O4/c1-38-14-4-7-22(38)10-13-36-33(42)24-18-39-26-15-20-5-2-3-6-21(20)16-27(26)43-31-28(25(34)17-23(29(31)39)30(24)40)37-32(41)19-8-11-35-12-9-19/h18-23,25-29,31,35H,2-17H2,1H3,(H,36,42)(H,37,41). The van der Waals surface area contributed by atoms with E-state index in [1.165, 1.54) is 32.1 Å². The van der Waals surface area contributed by atoms with Crippen molar-refractivity contribution in [2.45, 2.75) is 120 Å². The van der Waals surface area contributed by atoms with Crippen LogP contribution < -0.4 is 16.0 Å². The molecule has 3 saturated carbocycles. The second kappa shape index (κ2) is 12.4. The lowest BCUT2D eigenvalue weighted by molar-refractivity contribution is -0.208. The topological polar surface area (TPSA) is 103 Å². The minimum Gasteiger partial charge on any atom is -0.368 e. The number of carbonyl (C=O) groups is 3. The monoisotopic (exact) mass is 599 g/mol. The second-order valence-corrected chi connectivity index (χ2v) is 14.6. The molecule has 0 aromatic carbocycles. The SMILES string of the molecule is CN1CCCC1CCNC(=O)C1=CN2C3CC4CCCCC4CC3OC3C(NC(=O)C4CCNCC4)C(F)CC(C1=O)C32. The van der Waals surface area contributed by atoms with Crippen molar-refractivity contribution in [1.82, 2.24) is 25.8 Å². The van der Waals surface area contributed by atoms with Crippen molar-refractivity contribution in [3.05, 3.63) is 11.8 Å². The highest BCUT2D eigenvalue weighted by molar-refractivity contribution is 6.20. The molecule has 2 amide bonds. The van der Waals surface area contributed by atoms with E-state index in [0.29, 0.717) is 24.4 Å². The van der Waals surface area contributed by atoms with Crippen molar-refractivity contribution in [2.24, 2.45) is 23.7 Å². The highest BCUT2D eigenvalue weighted by Crippen LogP contribution is 2.50. The van der Waals surface area contributed by atoms with Crippen LogP contribution in [0.2, 0.25) is 0 Å². The van der Waals surface area contributed by atoms with Crippen LogP contribution in [0.25, 0.3) is 0 Å². The Labute approximate surface area is 255 Å². The molecule has 0 aromatic heterocycles. The fraction of sp³-hybridized carbons (Fsp3) is 0.848. The maximum absolute atomic E-state index is 16.1. The van der Waals surface area contributed by atoms with Gasteiger partial charge < -0.3 is 30.5 Å². The third kappa shape index (κ3) is 5.65. The van der Waals surface area contributed by atoms with E-state index in [4.69, 9.17) is 4.74 Å². The highest BCUT2D eigenvalue weighted by atomic mass is 19.1. The summed E-state index contributed by atoms with van der Waals surface area (Å²) >= 11 is 0. The number of ether oxygens (including phenoxy) is 1. The number of Topliss-reactive ketones (excluding diaryl/α,β-unsaturated/α-hetero) is 1. The molecule has 238 valence electrons. The molecule has 10 atom stereocenters. The molecular weight excluding hydrogens is 549 g/mol. The third-order valence-electron chi connectivity index (χ3n) is 12.2. The maximum atomic E-state index is 16.1. The van der Waals surface area contributed by atoms with Gasteiger partial charge in [0.1, 0.15) is 12.3 Å². The first-order chi connectivity index (χ1) is 20.9. The number of hydrogen-bond acceptors (Lipinski definition) is 7. The van der Waals surface area contributed by atoms with E-state index in [-0.39, 0.29) is 53.7 Å². The summed E-state index contributed by atoms with van der Waals surface area (Å²) in [6, 6.07) is -0.656. The summed E-state index contributed by atoms with van der Waals surface area (Å²) in [7, 11) is 2.12. The Morgan fingerprint density at radius 3 is 2.56 bits per heavy atom. The van der Waals surface area contributed by atoms with Crippen LogP contribution >= 0.6 is 0 Å². The van der Waals surface area contributed by atoms with E-state index in [1.807, 2.05) is 0 Å². The van der Waals surface area contributed by atoms with Crippen molar-refractivity contribution >= 4 is 17.6 Å². The molecule has 6 fully saturated rings. The van der Waals surface area contributed by atoms with Crippen molar-refractivity contribution in [1.29, 1.82) is 0 Å². The van der Waals surface area contributed by atoms with E-state index in [2.05, 4.69) is 32.8 Å². The molecule has 10 heteroatoms. The predicted molar refractivity (Wildman–Crippen MR) is 160 cm³/mol. The summed E-state index contributed by atoms with van der Waals surface area (Å²) in [4.78, 5) is 45.4. The van der Waals surface area contributed by atoms with Gasteiger partial charge in [-0.25, -0.2) is 4.39 Å². The van der Waals surface area contributed by atoms with Crippen LogP contribution in [0.1, 0.15) is 77.0 Å². The normalized spacial score (nSPS) is 41.5. The molecule has 10 unspecified atom stereocenters. The Kier molecular flexibility index (Phi) is 8.55. The third-order valence-corrected chi connectivity index (χ3v) is 12.2. The van der Waals surface area contributed by atoms with E-state index < -0.39 is 24.2 Å². The van der Waals surface area contributed by atoms with E-state index in [9.17, 15) is 14.4 Å². The molecular formula is C33H50FN5O4. The van der Waals surface area contributed by atoms with Gasteiger partial charge in [-0.1, -0.05) is 25.7 Å². The first kappa shape index (κ1) is 29.7. The molecule has 0 spiro atoms. The van der Waals surface area contributed by atoms with Crippen molar-refractivity contribution in [2.75, 3.05) is 33.2 Å². The lowest BCUT2D eigenvalue weighted by Gasteiger charge is -2.60. The zero-order chi connectivity index (χ0) is 29.7. The number of fused-ring (bicyclic) bond motifs is 3. The molecule has 4 heterocycles. The van der Waals surface area contributed by atoms with Crippen molar-refractivity contribution in [3.8, 4) is 0 Å². The molecule has 9 nitrogen and oxygen atoms in total. The van der Waals surface area contributed by atoms with Gasteiger partial charge in [-0.05, 0) is 89.9 Å². The molecule has 0 radical (unpaired) electrons. The van der Waals surface area contributed by atoms with Gasteiger partial charge in [-0.2, -0.15) is 0 Å². The van der Waals surface area contributed by atoms with Gasteiger partial charge in [0.2, 0.25) is 5.91 Å². The van der Waals surface area contributed by atoms with Crippen LogP contribution in [0.4, 0.5) is 4.39 Å². The molecule has 43 heavy (non-hydrogen) atoms. The maximum Gasteiger partial charge on any atom is 0.256 e. The average molecular weight is 600 g/mol. The molecule has 0 bridgehead atoms. The van der Waals surface area contributed by atoms with Crippen molar-refractivity contribution in [3.63, 3.8) is 0 Å². The predicted octanol–water partition coefficient (Wildman–Crippen LogP) is 2.30. The molecule has 3 N–H and O–H groups in total. The van der Waals surface area contributed by atoms with Crippen LogP contribution in [-0.4, -0.2) is 103 Å². The molecule has 7 aliphatic rings. The summed E-state index contributed by atoms with van der Waals surface area (Å²) in [5, 5.41) is 9.40. The van der Waals surface area contributed by atoms with E-state index in [1.54, 1.807) is 6.20 Å². The number of hydrogen-bond donors (Lipinski definition) is 3. The van der Waals surface area contributed by atoms with Crippen molar-refractivity contribution < 1.29 is 23.5 Å². The van der Waals surface area contributed by atoms with Gasteiger partial charge in [0.15, 0.2) is 5.78 Å². The number of halogens is 1. The van der Waals surface area contributed by atoms with E-state index >= 15 is 4.39 Å². The fourth-order valence-electron chi connectivity index (χ4n) is 9.78. The largest absolute Gasteiger partial charge is 0.368 e. The van der Waals surface area contributed by atoms with Crippen LogP contribution in [0, 0.1) is 23.7 Å². The molecule has 0 aromatic rings. The first-order valence-electron chi connectivity index (χ1n) is 17.2. The van der Waals surface area contributed by atoms with E-state index in [0.717, 1.165) is 58.2 Å². The smallest absolute Gasteiger partial charge is 0.256 e. The number of rotatable bonds is 6. The van der Waals surface area contributed by atoms with Gasteiger partial charge in [-0.3, -0.25) is 14.4 Å². The first-order valence-corrected chi connectivity index (χ1v) is 17.2. The number of alkyl halides is 1. The quantitative estimate of drug-likeness (QED) is 0.403. The average Bonchev–Trinajstić information content (AvgIpc) is 3.43. The minimum absolute atomic E-state index is 0.00203. The Bertz CT molecular complexity index is 1110. The van der Waals surface area contributed by atoms with Gasteiger partial charge in [0.25, 0.3) is 5.91 Å². The summed E-state index contributed by atoms with van der Waals surface area (Å²) in [5.74, 6) is -0.304. The number of likely N-dealkylation sites (tertiary alicyclic amines) is 1. The lowest BCUT2D eigenvalue weighted by atomic mass is 9.65. The van der Waals surface area contributed by atoms with Crippen LogP contribution in [0.5, 0.6) is 0 Å². The number of morpholine rings is 1. The van der Waals surface area contributed by atoms with Gasteiger partial charge in [-0.15, -0.1) is 0 Å². The van der Waals surface area contributed by atoms with Crippen LogP contribution in [-0.2, 0) is 19.1 Å². The lowest BCUT2D eigenvalue weighted by Crippen LogP contribution is -2.74. The Balaban J connectivity index is 1.14. The molecule has 3 aliphatic carbocycles. The Morgan fingerprint density at radius 2 is 1.81 bits per heavy atom. The second-order valence-electron chi connectivity index (χ2n) is 14.6. The van der Waals surface area contributed by atoms with Crippen LogP contribution in [0.3, 0.4) is 0 Å². The summed E-state index contributed by atoms with van der Waals surface area (Å²) in [6.45, 7) is 3.17. The fourth-order valence-corrected chi connectivity index (χ4v) is 9.78.